The fourth-order valence-corrected chi connectivity index (χ4v) is 2.83. The fourth-order valence-electron chi connectivity index (χ4n) is 2.83. The molecule has 0 saturated heterocycles. The predicted molar refractivity (Wildman–Crippen MR) is 97.1 cm³/mol. The van der Waals surface area contributed by atoms with E-state index in [1.165, 1.54) is 0 Å². The molecule has 1 aliphatic rings. The highest BCUT2D eigenvalue weighted by molar-refractivity contribution is 5.94. The van der Waals surface area contributed by atoms with Gasteiger partial charge in [0.1, 0.15) is 11.8 Å². The molecule has 0 aromatic heterocycles. The van der Waals surface area contributed by atoms with Crippen LogP contribution in [0.4, 0.5) is 5.69 Å². The SMILES string of the molecule is CC(C)C[C@H](NC(=O)CCCOc1ccc2c(c1)CCC(=O)N2)C(=O)O. The number of fused-ring (bicyclic) bond motifs is 1. The molecule has 1 heterocycles. The van der Waals surface area contributed by atoms with E-state index in [1.54, 1.807) is 6.07 Å². The third-order valence-corrected chi connectivity index (χ3v) is 4.13. The molecule has 1 aromatic carbocycles. The summed E-state index contributed by atoms with van der Waals surface area (Å²) in [5.41, 5.74) is 1.86. The van der Waals surface area contributed by atoms with Gasteiger partial charge < -0.3 is 20.5 Å². The molecule has 7 nitrogen and oxygen atoms in total. The highest BCUT2D eigenvalue weighted by Gasteiger charge is 2.20. The molecule has 2 amide bonds. The van der Waals surface area contributed by atoms with Crippen molar-refractivity contribution in [3.63, 3.8) is 0 Å². The highest BCUT2D eigenvalue weighted by atomic mass is 16.5. The van der Waals surface area contributed by atoms with Crippen LogP contribution in [0.1, 0.15) is 45.1 Å². The van der Waals surface area contributed by atoms with E-state index in [-0.39, 0.29) is 24.2 Å². The van der Waals surface area contributed by atoms with Crippen LogP contribution in [0.3, 0.4) is 0 Å². The first-order valence-corrected chi connectivity index (χ1v) is 8.93. The van der Waals surface area contributed by atoms with Crippen molar-refractivity contribution in [3.8, 4) is 5.75 Å². The summed E-state index contributed by atoms with van der Waals surface area (Å²) >= 11 is 0. The monoisotopic (exact) mass is 362 g/mol. The molecule has 0 radical (unpaired) electrons. The number of amides is 2. The first-order chi connectivity index (χ1) is 12.3. The zero-order chi connectivity index (χ0) is 19.1. The number of ether oxygens (including phenoxy) is 1. The number of rotatable bonds is 9. The molecule has 1 aliphatic heterocycles. The van der Waals surface area contributed by atoms with Crippen molar-refractivity contribution >= 4 is 23.5 Å². The van der Waals surface area contributed by atoms with Gasteiger partial charge in [-0.25, -0.2) is 4.79 Å². The summed E-state index contributed by atoms with van der Waals surface area (Å²) in [6.45, 7) is 4.19. The van der Waals surface area contributed by atoms with E-state index in [2.05, 4.69) is 10.6 Å². The number of hydrogen-bond donors (Lipinski definition) is 3. The van der Waals surface area contributed by atoms with Gasteiger partial charge in [-0.3, -0.25) is 9.59 Å². The van der Waals surface area contributed by atoms with Crippen LogP contribution in [0.2, 0.25) is 0 Å². The van der Waals surface area contributed by atoms with Crippen molar-refractivity contribution in [1.82, 2.24) is 5.32 Å². The van der Waals surface area contributed by atoms with E-state index in [9.17, 15) is 14.4 Å². The lowest BCUT2D eigenvalue weighted by molar-refractivity contribution is -0.142. The zero-order valence-electron chi connectivity index (χ0n) is 15.2. The van der Waals surface area contributed by atoms with Crippen LogP contribution in [0.15, 0.2) is 18.2 Å². The summed E-state index contributed by atoms with van der Waals surface area (Å²) in [5, 5.41) is 14.5. The molecule has 26 heavy (non-hydrogen) atoms. The van der Waals surface area contributed by atoms with Crippen LogP contribution < -0.4 is 15.4 Å². The van der Waals surface area contributed by atoms with Crippen molar-refractivity contribution in [2.45, 2.75) is 52.0 Å². The van der Waals surface area contributed by atoms with Gasteiger partial charge in [-0.05, 0) is 48.9 Å². The molecule has 0 unspecified atom stereocenters. The van der Waals surface area contributed by atoms with Gasteiger partial charge in [0.15, 0.2) is 0 Å². The molecular weight excluding hydrogens is 336 g/mol. The Kier molecular flexibility index (Phi) is 7.00. The van der Waals surface area contributed by atoms with E-state index in [4.69, 9.17) is 9.84 Å². The van der Waals surface area contributed by atoms with Gasteiger partial charge in [0, 0.05) is 18.5 Å². The maximum absolute atomic E-state index is 11.9. The smallest absolute Gasteiger partial charge is 0.326 e. The van der Waals surface area contributed by atoms with Gasteiger partial charge in [-0.2, -0.15) is 0 Å². The largest absolute Gasteiger partial charge is 0.494 e. The van der Waals surface area contributed by atoms with Crippen molar-refractivity contribution in [2.24, 2.45) is 5.92 Å². The number of carbonyl (C=O) groups is 3. The third-order valence-electron chi connectivity index (χ3n) is 4.13. The summed E-state index contributed by atoms with van der Waals surface area (Å²) in [4.78, 5) is 34.4. The van der Waals surface area contributed by atoms with E-state index in [0.29, 0.717) is 38.0 Å². The molecule has 0 bridgehead atoms. The van der Waals surface area contributed by atoms with Gasteiger partial charge >= 0.3 is 5.97 Å². The molecule has 1 atom stereocenters. The minimum absolute atomic E-state index is 0.0225. The fraction of sp³-hybridized carbons (Fsp3) is 0.526. The second kappa shape index (κ2) is 9.22. The Balaban J connectivity index is 1.73. The predicted octanol–water partition coefficient (Wildman–Crippen LogP) is 2.35. The first kappa shape index (κ1) is 19.8. The van der Waals surface area contributed by atoms with Crippen LogP contribution in [-0.4, -0.2) is 35.5 Å². The molecule has 2 rings (SSSR count). The maximum atomic E-state index is 11.9. The molecule has 0 fully saturated rings. The second-order valence-electron chi connectivity index (χ2n) is 6.91. The average molecular weight is 362 g/mol. The van der Waals surface area contributed by atoms with E-state index in [1.807, 2.05) is 26.0 Å². The summed E-state index contributed by atoms with van der Waals surface area (Å²) in [7, 11) is 0. The molecule has 0 spiro atoms. The van der Waals surface area contributed by atoms with Gasteiger partial charge in [0.25, 0.3) is 0 Å². The Bertz CT molecular complexity index is 672. The lowest BCUT2D eigenvalue weighted by atomic mass is 10.0. The highest BCUT2D eigenvalue weighted by Crippen LogP contribution is 2.26. The number of hydrogen-bond acceptors (Lipinski definition) is 4. The third kappa shape index (κ3) is 6.06. The lowest BCUT2D eigenvalue weighted by Crippen LogP contribution is -2.41. The normalized spacial score (nSPS) is 14.3. The molecule has 142 valence electrons. The Morgan fingerprint density at radius 1 is 1.31 bits per heavy atom. The number of benzene rings is 1. The lowest BCUT2D eigenvalue weighted by Gasteiger charge is -2.18. The minimum atomic E-state index is -1.01. The Morgan fingerprint density at radius 3 is 2.77 bits per heavy atom. The van der Waals surface area contributed by atoms with Gasteiger partial charge in [-0.15, -0.1) is 0 Å². The molecule has 1 aromatic rings. The maximum Gasteiger partial charge on any atom is 0.326 e. The molecule has 3 N–H and O–H groups in total. The number of aryl methyl sites for hydroxylation is 1. The number of carboxylic acid groups (broad SMARTS) is 1. The number of nitrogens with one attached hydrogen (secondary N) is 2. The van der Waals surface area contributed by atoms with E-state index >= 15 is 0 Å². The average Bonchev–Trinajstić information content (AvgIpc) is 2.57. The molecule has 0 aliphatic carbocycles. The van der Waals surface area contributed by atoms with Crippen LogP contribution in [0, 0.1) is 5.92 Å². The first-order valence-electron chi connectivity index (χ1n) is 8.93. The Hall–Kier alpha value is -2.57. The van der Waals surface area contributed by atoms with Crippen molar-refractivity contribution in [1.29, 1.82) is 0 Å². The second-order valence-corrected chi connectivity index (χ2v) is 6.91. The number of carboxylic acids is 1. The standard InChI is InChI=1S/C19H26N2O5/c1-12(2)10-16(19(24)25)21-17(22)4-3-9-26-14-6-7-15-13(11-14)5-8-18(23)20-15/h6-7,11-12,16H,3-5,8-10H2,1-2H3,(H,20,23)(H,21,22)(H,24,25)/t16-/m0/s1. The van der Waals surface area contributed by atoms with Crippen molar-refractivity contribution in [3.05, 3.63) is 23.8 Å². The van der Waals surface area contributed by atoms with Crippen LogP contribution in [-0.2, 0) is 20.8 Å². The number of anilines is 1. The van der Waals surface area contributed by atoms with Crippen LogP contribution in [0.5, 0.6) is 5.75 Å². The quantitative estimate of drug-likeness (QED) is 0.585. The topological polar surface area (TPSA) is 105 Å². The van der Waals surface area contributed by atoms with E-state index < -0.39 is 12.0 Å². The summed E-state index contributed by atoms with van der Waals surface area (Å²) < 4.78 is 5.66. The molecule has 7 heteroatoms. The van der Waals surface area contributed by atoms with Gasteiger partial charge in [0.05, 0.1) is 6.61 Å². The van der Waals surface area contributed by atoms with Gasteiger partial charge in [0.2, 0.25) is 11.8 Å². The number of aliphatic carboxylic acids is 1. The summed E-state index contributed by atoms with van der Waals surface area (Å²) in [6.07, 6.45) is 2.27. The number of carbonyl (C=O) groups excluding carboxylic acids is 2. The summed E-state index contributed by atoms with van der Waals surface area (Å²) in [5.74, 6) is -0.384. The Labute approximate surface area is 153 Å². The van der Waals surface area contributed by atoms with Crippen molar-refractivity contribution in [2.75, 3.05) is 11.9 Å². The Morgan fingerprint density at radius 2 is 2.08 bits per heavy atom. The van der Waals surface area contributed by atoms with Crippen LogP contribution >= 0.6 is 0 Å². The van der Waals surface area contributed by atoms with Crippen molar-refractivity contribution < 1.29 is 24.2 Å². The van der Waals surface area contributed by atoms with E-state index in [0.717, 1.165) is 11.3 Å². The zero-order valence-corrected chi connectivity index (χ0v) is 15.2. The molecular formula is C19H26N2O5. The van der Waals surface area contributed by atoms with Gasteiger partial charge in [-0.1, -0.05) is 13.8 Å². The minimum Gasteiger partial charge on any atom is -0.494 e. The summed E-state index contributed by atoms with van der Waals surface area (Å²) in [6, 6.07) is 4.66. The van der Waals surface area contributed by atoms with Crippen LogP contribution in [0.25, 0.3) is 0 Å². The molecule has 0 saturated carbocycles.